The molecule has 0 aliphatic carbocycles. The molecule has 7 nitrogen and oxygen atoms in total. The zero-order valence-corrected chi connectivity index (χ0v) is 16.0. The Labute approximate surface area is 154 Å². The van der Waals surface area contributed by atoms with Gasteiger partial charge in [-0.2, -0.15) is 0 Å². The molecule has 1 aromatic carbocycles. The summed E-state index contributed by atoms with van der Waals surface area (Å²) in [6, 6.07) is 3.27. The molecule has 7 heteroatoms. The van der Waals surface area contributed by atoms with E-state index in [4.69, 9.17) is 15.2 Å². The van der Waals surface area contributed by atoms with Crippen molar-refractivity contribution in [3.05, 3.63) is 23.8 Å². The van der Waals surface area contributed by atoms with E-state index in [1.807, 2.05) is 6.92 Å². The van der Waals surface area contributed by atoms with Crippen LogP contribution in [0.5, 0.6) is 11.5 Å². The van der Waals surface area contributed by atoms with Gasteiger partial charge >= 0.3 is 11.9 Å². The zero-order valence-electron chi connectivity index (χ0n) is 16.0. The quantitative estimate of drug-likeness (QED) is 0.476. The van der Waals surface area contributed by atoms with Gasteiger partial charge in [0.2, 0.25) is 0 Å². The van der Waals surface area contributed by atoms with E-state index < -0.39 is 29.6 Å². The first kappa shape index (κ1) is 21.8. The van der Waals surface area contributed by atoms with Crippen molar-refractivity contribution in [2.45, 2.75) is 65.7 Å². The lowest BCUT2D eigenvalue weighted by molar-refractivity contribution is -0.172. The molecular weight excluding hydrogens is 338 g/mol. The molecule has 4 N–H and O–H groups in total. The third kappa shape index (κ3) is 5.91. The molecule has 0 heterocycles. The molecular formula is C19H29NO6. The molecule has 0 saturated carbocycles. The van der Waals surface area contributed by atoms with E-state index in [0.717, 1.165) is 0 Å². The summed E-state index contributed by atoms with van der Waals surface area (Å²) in [5.74, 6) is -1.51. The molecule has 0 fully saturated rings. The van der Waals surface area contributed by atoms with Crippen molar-refractivity contribution >= 4 is 11.9 Å². The fourth-order valence-electron chi connectivity index (χ4n) is 1.97. The number of carbonyl (C=O) groups is 2. The molecule has 146 valence electrons. The molecule has 0 bridgehead atoms. The summed E-state index contributed by atoms with van der Waals surface area (Å²) >= 11 is 0. The van der Waals surface area contributed by atoms with Crippen molar-refractivity contribution < 1.29 is 29.3 Å². The third-order valence-corrected chi connectivity index (χ3v) is 4.49. The highest BCUT2D eigenvalue weighted by Gasteiger charge is 2.31. The fourth-order valence-corrected chi connectivity index (χ4v) is 1.97. The van der Waals surface area contributed by atoms with E-state index in [1.165, 1.54) is 12.1 Å². The van der Waals surface area contributed by atoms with Crippen molar-refractivity contribution in [1.82, 2.24) is 0 Å². The summed E-state index contributed by atoms with van der Waals surface area (Å²) in [5.41, 5.74) is 5.83. The second kappa shape index (κ2) is 8.89. The topological polar surface area (TPSA) is 119 Å². The van der Waals surface area contributed by atoms with Crippen LogP contribution < -0.4 is 5.73 Å². The predicted octanol–water partition coefficient (Wildman–Crippen LogP) is 2.27. The average molecular weight is 367 g/mol. The lowest BCUT2D eigenvalue weighted by Crippen LogP contribution is -2.40. The number of benzene rings is 1. The fraction of sp³-hybridized carbons (Fsp3) is 0.579. The number of rotatable bonds is 8. The molecule has 0 unspecified atom stereocenters. The Balaban J connectivity index is 2.59. The molecule has 1 rings (SSSR count). The Morgan fingerprint density at radius 2 is 1.69 bits per heavy atom. The third-order valence-electron chi connectivity index (χ3n) is 4.49. The van der Waals surface area contributed by atoms with E-state index in [9.17, 15) is 19.8 Å². The van der Waals surface area contributed by atoms with Crippen molar-refractivity contribution in [3.8, 4) is 11.5 Å². The molecule has 0 aliphatic rings. The van der Waals surface area contributed by atoms with Crippen LogP contribution >= 0.6 is 0 Å². The number of hydrogen-bond acceptors (Lipinski definition) is 7. The number of ether oxygens (including phenoxy) is 2. The van der Waals surface area contributed by atoms with E-state index in [-0.39, 0.29) is 23.9 Å². The Bertz CT molecular complexity index is 643. The van der Waals surface area contributed by atoms with Crippen LogP contribution in [0, 0.1) is 5.41 Å². The minimum Gasteiger partial charge on any atom is -0.504 e. The summed E-state index contributed by atoms with van der Waals surface area (Å²) in [7, 11) is 0. The number of aromatic hydroxyl groups is 2. The van der Waals surface area contributed by atoms with Crippen molar-refractivity contribution in [2.75, 3.05) is 0 Å². The summed E-state index contributed by atoms with van der Waals surface area (Å²) in [6.07, 6.45) is -0.492. The molecule has 0 aromatic heterocycles. The Kier molecular flexibility index (Phi) is 7.44. The van der Waals surface area contributed by atoms with Gasteiger partial charge in [-0.1, -0.05) is 13.0 Å². The minimum absolute atomic E-state index is 0.135. The van der Waals surface area contributed by atoms with Crippen molar-refractivity contribution in [3.63, 3.8) is 0 Å². The molecule has 0 aliphatic heterocycles. The lowest BCUT2D eigenvalue weighted by Gasteiger charge is -2.27. The molecule has 0 saturated heterocycles. The number of nitrogens with two attached hydrogens (primary N) is 1. The summed E-state index contributed by atoms with van der Waals surface area (Å²) in [4.78, 5) is 24.3. The van der Waals surface area contributed by atoms with Crippen molar-refractivity contribution in [1.29, 1.82) is 0 Å². The Morgan fingerprint density at radius 1 is 1.12 bits per heavy atom. The first-order valence-electron chi connectivity index (χ1n) is 8.66. The maximum atomic E-state index is 12.2. The van der Waals surface area contributed by atoms with Crippen LogP contribution in [0.25, 0.3) is 0 Å². The van der Waals surface area contributed by atoms with Crippen molar-refractivity contribution in [2.24, 2.45) is 11.1 Å². The second-order valence-electron chi connectivity index (χ2n) is 7.12. The average Bonchev–Trinajstić information content (AvgIpc) is 2.57. The second-order valence-corrected chi connectivity index (χ2v) is 7.12. The van der Waals surface area contributed by atoms with Crippen LogP contribution in [0.15, 0.2) is 18.2 Å². The highest BCUT2D eigenvalue weighted by molar-refractivity contribution is 5.77. The molecule has 0 amide bonds. The van der Waals surface area contributed by atoms with Crippen LogP contribution in [0.1, 0.15) is 46.6 Å². The SMILES string of the molecule is CCC(C)(C)C(=O)O[C@H](C)[C@H](C)OC(=O)[C@@H](N)Cc1ccc(O)c(O)c1. The predicted molar refractivity (Wildman–Crippen MR) is 96.6 cm³/mol. The maximum Gasteiger partial charge on any atom is 0.323 e. The van der Waals surface area contributed by atoms with E-state index in [1.54, 1.807) is 33.8 Å². The van der Waals surface area contributed by atoms with Crippen LogP contribution in [0.2, 0.25) is 0 Å². The smallest absolute Gasteiger partial charge is 0.323 e. The van der Waals surface area contributed by atoms with Gasteiger partial charge in [0, 0.05) is 0 Å². The van der Waals surface area contributed by atoms with Gasteiger partial charge in [-0.25, -0.2) is 0 Å². The van der Waals surface area contributed by atoms with Gasteiger partial charge in [0.25, 0.3) is 0 Å². The molecule has 0 spiro atoms. The van der Waals surface area contributed by atoms with Crippen LogP contribution in [0.3, 0.4) is 0 Å². The number of phenols is 2. The van der Waals surface area contributed by atoms with Crippen LogP contribution in [-0.4, -0.2) is 40.4 Å². The number of hydrogen-bond donors (Lipinski definition) is 3. The zero-order chi connectivity index (χ0) is 20.1. The number of esters is 2. The summed E-state index contributed by atoms with van der Waals surface area (Å²) < 4.78 is 10.7. The first-order valence-corrected chi connectivity index (χ1v) is 8.66. The van der Waals surface area contributed by atoms with Gasteiger partial charge in [-0.3, -0.25) is 9.59 Å². The van der Waals surface area contributed by atoms with Gasteiger partial charge in [0.1, 0.15) is 18.2 Å². The van der Waals surface area contributed by atoms with Crippen LogP contribution in [-0.2, 0) is 25.5 Å². The van der Waals surface area contributed by atoms with Gasteiger partial charge in [-0.05, 0) is 58.2 Å². The Hall–Kier alpha value is -2.28. The number of phenolic OH excluding ortho intramolecular Hbond substituents is 2. The van der Waals surface area contributed by atoms with Gasteiger partial charge in [-0.15, -0.1) is 0 Å². The monoisotopic (exact) mass is 367 g/mol. The largest absolute Gasteiger partial charge is 0.504 e. The lowest BCUT2D eigenvalue weighted by atomic mass is 9.90. The van der Waals surface area contributed by atoms with Gasteiger partial charge in [0.15, 0.2) is 11.5 Å². The summed E-state index contributed by atoms with van der Waals surface area (Å²) in [6.45, 7) is 8.78. The molecule has 26 heavy (non-hydrogen) atoms. The molecule has 0 radical (unpaired) electrons. The first-order chi connectivity index (χ1) is 12.0. The molecule has 1 aromatic rings. The van der Waals surface area contributed by atoms with Gasteiger partial charge < -0.3 is 25.4 Å². The molecule has 3 atom stereocenters. The Morgan fingerprint density at radius 3 is 2.23 bits per heavy atom. The van der Waals surface area contributed by atoms with Gasteiger partial charge in [0.05, 0.1) is 5.41 Å². The maximum absolute atomic E-state index is 12.2. The number of carbonyl (C=O) groups excluding carboxylic acids is 2. The van der Waals surface area contributed by atoms with E-state index in [2.05, 4.69) is 0 Å². The minimum atomic E-state index is -0.948. The summed E-state index contributed by atoms with van der Waals surface area (Å²) in [5, 5.41) is 18.8. The van der Waals surface area contributed by atoms with Crippen LogP contribution in [0.4, 0.5) is 0 Å². The highest BCUT2D eigenvalue weighted by Crippen LogP contribution is 2.25. The standard InChI is InChI=1S/C19H29NO6/c1-6-19(4,5)18(24)26-12(3)11(2)25-17(23)14(20)9-13-7-8-15(21)16(22)10-13/h7-8,10-12,14,21-22H,6,9,20H2,1-5H3/t11-,12+,14-/m0/s1. The highest BCUT2D eigenvalue weighted by atomic mass is 16.6. The normalized spacial score (nSPS) is 15.0. The van der Waals surface area contributed by atoms with E-state index in [0.29, 0.717) is 12.0 Å². The van der Waals surface area contributed by atoms with E-state index >= 15 is 0 Å².